The van der Waals surface area contributed by atoms with Crippen LogP contribution in [-0.4, -0.2) is 16.7 Å². The van der Waals surface area contributed by atoms with Gasteiger partial charge in [0, 0.05) is 10.6 Å². The molecule has 0 unspecified atom stereocenters. The van der Waals surface area contributed by atoms with Crippen LogP contribution in [0.2, 0.25) is 5.02 Å². The molecule has 0 aliphatic rings. The number of nitrogens with zero attached hydrogens (tertiary/aromatic N) is 1. The normalized spacial score (nSPS) is 11.3. The van der Waals surface area contributed by atoms with E-state index in [4.69, 9.17) is 11.6 Å². The first-order chi connectivity index (χ1) is 7.23. The monoisotopic (exact) mass is 241 g/mol. The molecular formula is C12H16ClNO2. The lowest BCUT2D eigenvalue weighted by molar-refractivity contribution is 0.195. The molecule has 3 nitrogen and oxygen atoms in total. The van der Waals surface area contributed by atoms with Gasteiger partial charge in [0.05, 0.1) is 5.69 Å². The topological polar surface area (TPSA) is 40.5 Å². The Morgan fingerprint density at radius 1 is 1.38 bits per heavy atom. The van der Waals surface area contributed by atoms with Crippen LogP contribution in [-0.2, 0) is 0 Å². The highest BCUT2D eigenvalue weighted by atomic mass is 35.5. The largest absolute Gasteiger partial charge is 0.465 e. The van der Waals surface area contributed by atoms with Gasteiger partial charge in [-0.25, -0.2) is 4.79 Å². The maximum atomic E-state index is 11.3. The molecule has 1 aromatic rings. The molecule has 0 atom stereocenters. The van der Waals surface area contributed by atoms with E-state index in [9.17, 15) is 9.90 Å². The van der Waals surface area contributed by atoms with Crippen molar-refractivity contribution in [3.8, 4) is 0 Å². The van der Waals surface area contributed by atoms with Crippen molar-refractivity contribution in [2.24, 2.45) is 0 Å². The van der Waals surface area contributed by atoms with Crippen molar-refractivity contribution in [1.82, 2.24) is 0 Å². The summed E-state index contributed by atoms with van der Waals surface area (Å²) in [6, 6.07) is 5.25. The average Bonchev–Trinajstić information content (AvgIpc) is 2.08. The lowest BCUT2D eigenvalue weighted by atomic mass is 10.0. The average molecular weight is 242 g/mol. The molecule has 0 saturated carbocycles. The van der Waals surface area contributed by atoms with Gasteiger partial charge in [0.15, 0.2) is 0 Å². The highest BCUT2D eigenvalue weighted by Gasteiger charge is 2.28. The number of halogens is 1. The van der Waals surface area contributed by atoms with Gasteiger partial charge in [-0.3, -0.25) is 4.90 Å². The second kappa shape index (κ2) is 4.34. The van der Waals surface area contributed by atoms with Crippen molar-refractivity contribution in [2.45, 2.75) is 33.2 Å². The number of hydrogen-bond acceptors (Lipinski definition) is 1. The molecule has 1 N–H and O–H groups in total. The highest BCUT2D eigenvalue weighted by Crippen LogP contribution is 2.29. The summed E-state index contributed by atoms with van der Waals surface area (Å²) in [6.07, 6.45) is -0.974. The van der Waals surface area contributed by atoms with Crippen molar-refractivity contribution in [2.75, 3.05) is 4.90 Å². The molecule has 0 spiro atoms. The minimum absolute atomic E-state index is 0.499. The first kappa shape index (κ1) is 12.8. The van der Waals surface area contributed by atoms with E-state index in [1.807, 2.05) is 33.8 Å². The zero-order chi connectivity index (χ0) is 12.5. The second-order valence-electron chi connectivity index (χ2n) is 4.72. The Morgan fingerprint density at radius 2 is 1.94 bits per heavy atom. The molecule has 0 aliphatic heterocycles. The van der Waals surface area contributed by atoms with Crippen LogP contribution in [0.1, 0.15) is 26.3 Å². The number of carbonyl (C=O) groups is 1. The standard InChI is InChI=1S/C12H16ClNO2/c1-8-5-6-9(13)7-10(8)14(11(15)16)12(2,3)4/h5-7H,1-4H3,(H,15,16). The van der Waals surface area contributed by atoms with Crippen LogP contribution in [0.4, 0.5) is 10.5 Å². The zero-order valence-electron chi connectivity index (χ0n) is 9.91. The summed E-state index contributed by atoms with van der Waals surface area (Å²) < 4.78 is 0. The van der Waals surface area contributed by atoms with Gasteiger partial charge in [-0.2, -0.15) is 0 Å². The fraction of sp³-hybridized carbons (Fsp3) is 0.417. The Morgan fingerprint density at radius 3 is 2.38 bits per heavy atom. The van der Waals surface area contributed by atoms with Crippen LogP contribution >= 0.6 is 11.6 Å². The number of hydrogen-bond donors (Lipinski definition) is 1. The number of amides is 1. The van der Waals surface area contributed by atoms with Gasteiger partial charge in [0.1, 0.15) is 0 Å². The van der Waals surface area contributed by atoms with E-state index in [1.54, 1.807) is 12.1 Å². The van der Waals surface area contributed by atoms with E-state index in [2.05, 4.69) is 0 Å². The van der Waals surface area contributed by atoms with Crippen molar-refractivity contribution in [3.05, 3.63) is 28.8 Å². The van der Waals surface area contributed by atoms with Gasteiger partial charge in [-0.15, -0.1) is 0 Å². The van der Waals surface area contributed by atoms with Crippen molar-refractivity contribution in [3.63, 3.8) is 0 Å². The van der Waals surface area contributed by atoms with Crippen LogP contribution in [0.3, 0.4) is 0 Å². The van der Waals surface area contributed by atoms with Crippen LogP contribution < -0.4 is 4.90 Å². The third-order valence-electron chi connectivity index (χ3n) is 2.27. The molecule has 0 aliphatic carbocycles. The lowest BCUT2D eigenvalue weighted by Crippen LogP contribution is -2.45. The van der Waals surface area contributed by atoms with E-state index in [-0.39, 0.29) is 0 Å². The summed E-state index contributed by atoms with van der Waals surface area (Å²) in [7, 11) is 0. The Bertz CT molecular complexity index is 410. The van der Waals surface area contributed by atoms with Gasteiger partial charge < -0.3 is 5.11 Å². The fourth-order valence-corrected chi connectivity index (χ4v) is 1.74. The Kier molecular flexibility index (Phi) is 3.48. The molecular weight excluding hydrogens is 226 g/mol. The van der Waals surface area contributed by atoms with Gasteiger partial charge in [0.2, 0.25) is 0 Å². The molecule has 0 fully saturated rings. The maximum Gasteiger partial charge on any atom is 0.412 e. The number of benzene rings is 1. The van der Waals surface area contributed by atoms with Gasteiger partial charge in [-0.1, -0.05) is 17.7 Å². The van der Waals surface area contributed by atoms with Gasteiger partial charge >= 0.3 is 6.09 Å². The first-order valence-electron chi connectivity index (χ1n) is 5.03. The summed E-state index contributed by atoms with van der Waals surface area (Å²) in [5.74, 6) is 0. The van der Waals surface area contributed by atoms with Gasteiger partial charge in [0.25, 0.3) is 0 Å². The summed E-state index contributed by atoms with van der Waals surface area (Å²) in [6.45, 7) is 7.41. The van der Waals surface area contributed by atoms with E-state index >= 15 is 0 Å². The molecule has 88 valence electrons. The molecule has 1 aromatic carbocycles. The third kappa shape index (κ3) is 2.67. The van der Waals surface area contributed by atoms with Crippen LogP contribution in [0.15, 0.2) is 18.2 Å². The molecule has 0 radical (unpaired) electrons. The van der Waals surface area contributed by atoms with Crippen LogP contribution in [0.25, 0.3) is 0 Å². The third-order valence-corrected chi connectivity index (χ3v) is 2.51. The van der Waals surface area contributed by atoms with E-state index in [0.717, 1.165) is 5.56 Å². The number of carboxylic acid groups (broad SMARTS) is 1. The maximum absolute atomic E-state index is 11.3. The summed E-state index contributed by atoms with van der Waals surface area (Å²) in [5, 5.41) is 9.80. The Balaban J connectivity index is 3.32. The minimum atomic E-state index is -0.974. The summed E-state index contributed by atoms with van der Waals surface area (Å²) in [5.41, 5.74) is 1.02. The number of anilines is 1. The summed E-state index contributed by atoms with van der Waals surface area (Å²) in [4.78, 5) is 12.6. The molecule has 0 aromatic heterocycles. The molecule has 0 saturated heterocycles. The SMILES string of the molecule is Cc1ccc(Cl)cc1N(C(=O)O)C(C)(C)C. The van der Waals surface area contributed by atoms with E-state index in [1.165, 1.54) is 4.90 Å². The molecule has 16 heavy (non-hydrogen) atoms. The zero-order valence-corrected chi connectivity index (χ0v) is 10.7. The lowest BCUT2D eigenvalue weighted by Gasteiger charge is -2.34. The van der Waals surface area contributed by atoms with Crippen LogP contribution in [0.5, 0.6) is 0 Å². The number of aryl methyl sites for hydroxylation is 1. The summed E-state index contributed by atoms with van der Waals surface area (Å²) >= 11 is 5.90. The predicted octanol–water partition coefficient (Wildman–Crippen LogP) is 3.93. The van der Waals surface area contributed by atoms with Crippen LogP contribution in [0, 0.1) is 6.92 Å². The quantitative estimate of drug-likeness (QED) is 0.809. The highest BCUT2D eigenvalue weighted by molar-refractivity contribution is 6.31. The molecule has 1 rings (SSSR count). The van der Waals surface area contributed by atoms with Crippen molar-refractivity contribution >= 4 is 23.4 Å². The molecule has 1 amide bonds. The minimum Gasteiger partial charge on any atom is -0.465 e. The molecule has 0 bridgehead atoms. The molecule has 0 heterocycles. The smallest absolute Gasteiger partial charge is 0.412 e. The second-order valence-corrected chi connectivity index (χ2v) is 5.16. The van der Waals surface area contributed by atoms with Crippen molar-refractivity contribution in [1.29, 1.82) is 0 Å². The predicted molar refractivity (Wildman–Crippen MR) is 66.4 cm³/mol. The van der Waals surface area contributed by atoms with E-state index in [0.29, 0.717) is 10.7 Å². The Labute approximate surface area is 101 Å². The van der Waals surface area contributed by atoms with Gasteiger partial charge in [-0.05, 0) is 45.4 Å². The molecule has 4 heteroatoms. The van der Waals surface area contributed by atoms with E-state index < -0.39 is 11.6 Å². The first-order valence-corrected chi connectivity index (χ1v) is 5.40. The number of rotatable bonds is 1. The Hall–Kier alpha value is -1.22. The fourth-order valence-electron chi connectivity index (χ4n) is 1.57. The van der Waals surface area contributed by atoms with Crippen molar-refractivity contribution < 1.29 is 9.90 Å².